The summed E-state index contributed by atoms with van der Waals surface area (Å²) in [6.07, 6.45) is 0. The Balaban J connectivity index is 2.54. The maximum Gasteiger partial charge on any atom is 0.233 e. The fraction of sp³-hybridized carbons (Fsp3) is 0.667. The molecule has 0 spiro atoms. The average molecular weight is 238 g/mol. The molecule has 0 saturated carbocycles. The topological polar surface area (TPSA) is 64.3 Å². The molecule has 0 saturated heterocycles. The molecule has 2 N–H and O–H groups in total. The van der Waals surface area contributed by atoms with Crippen molar-refractivity contribution < 1.29 is 4.74 Å². The molecule has 0 aliphatic heterocycles. The summed E-state index contributed by atoms with van der Waals surface area (Å²) in [6.45, 7) is 7.78. The summed E-state index contributed by atoms with van der Waals surface area (Å²) in [5.41, 5.74) is 6.59. The van der Waals surface area contributed by atoms with Crippen molar-refractivity contribution in [1.82, 2.24) is 15.1 Å². The normalized spacial score (nSPS) is 12.8. The molecule has 0 radical (unpaired) electrons. The molecule has 0 aliphatic rings. The molecule has 0 aliphatic carbocycles. The van der Waals surface area contributed by atoms with Crippen molar-refractivity contribution in [3.05, 3.63) is 17.8 Å². The summed E-state index contributed by atoms with van der Waals surface area (Å²) in [4.78, 5) is 2.31. The van der Waals surface area contributed by atoms with Crippen LogP contribution in [0.4, 0.5) is 0 Å². The van der Waals surface area contributed by atoms with Crippen molar-refractivity contribution >= 4 is 0 Å². The molecular formula is C12H22N4O. The van der Waals surface area contributed by atoms with Gasteiger partial charge in [-0.05, 0) is 25.1 Å². The van der Waals surface area contributed by atoms with Crippen LogP contribution in [-0.4, -0.2) is 41.8 Å². The number of methoxy groups -OCH3 is 1. The number of ether oxygens (including phenoxy) is 1. The Labute approximate surface area is 103 Å². The van der Waals surface area contributed by atoms with Crippen LogP contribution in [0.5, 0.6) is 5.88 Å². The Hall–Kier alpha value is -1.20. The van der Waals surface area contributed by atoms with E-state index in [1.54, 1.807) is 7.11 Å². The zero-order chi connectivity index (χ0) is 12.7. The number of rotatable bonds is 7. The van der Waals surface area contributed by atoms with Crippen molar-refractivity contribution in [2.45, 2.75) is 20.4 Å². The van der Waals surface area contributed by atoms with E-state index in [4.69, 9.17) is 10.5 Å². The first-order chi connectivity index (χ1) is 8.19. The van der Waals surface area contributed by atoms with E-state index in [9.17, 15) is 0 Å². The van der Waals surface area contributed by atoms with E-state index in [0.29, 0.717) is 18.3 Å². The lowest BCUT2D eigenvalue weighted by Crippen LogP contribution is -2.31. The van der Waals surface area contributed by atoms with Gasteiger partial charge in [0.05, 0.1) is 12.8 Å². The van der Waals surface area contributed by atoms with Crippen LogP contribution >= 0.6 is 0 Å². The lowest BCUT2D eigenvalue weighted by Gasteiger charge is -2.22. The average Bonchev–Trinajstić information content (AvgIpc) is 2.38. The molecule has 0 bridgehead atoms. The van der Waals surface area contributed by atoms with Gasteiger partial charge < -0.3 is 10.5 Å². The third-order valence-electron chi connectivity index (χ3n) is 2.71. The van der Waals surface area contributed by atoms with E-state index in [1.807, 2.05) is 12.1 Å². The molecule has 0 fully saturated rings. The molecule has 96 valence electrons. The second kappa shape index (κ2) is 7.19. The zero-order valence-corrected chi connectivity index (χ0v) is 10.9. The molecule has 1 heterocycles. The van der Waals surface area contributed by atoms with E-state index in [0.717, 1.165) is 25.3 Å². The summed E-state index contributed by atoms with van der Waals surface area (Å²) >= 11 is 0. The molecule has 1 aromatic rings. The van der Waals surface area contributed by atoms with Gasteiger partial charge in [-0.15, -0.1) is 5.10 Å². The van der Waals surface area contributed by atoms with Gasteiger partial charge in [0.1, 0.15) is 0 Å². The van der Waals surface area contributed by atoms with Crippen LogP contribution in [0.2, 0.25) is 0 Å². The lowest BCUT2D eigenvalue weighted by molar-refractivity contribution is 0.239. The van der Waals surface area contributed by atoms with E-state index in [1.165, 1.54) is 0 Å². The first kappa shape index (κ1) is 13.9. The second-order valence-corrected chi connectivity index (χ2v) is 4.24. The summed E-state index contributed by atoms with van der Waals surface area (Å²) in [5.74, 6) is 1.05. The van der Waals surface area contributed by atoms with Crippen molar-refractivity contribution in [3.8, 4) is 5.88 Å². The van der Waals surface area contributed by atoms with Crippen molar-refractivity contribution in [3.63, 3.8) is 0 Å². The molecule has 1 atom stereocenters. The molecule has 1 rings (SSSR count). The lowest BCUT2D eigenvalue weighted by atomic mass is 10.1. The van der Waals surface area contributed by atoms with Gasteiger partial charge in [-0.2, -0.15) is 5.10 Å². The first-order valence-corrected chi connectivity index (χ1v) is 5.98. The molecule has 0 aromatic carbocycles. The van der Waals surface area contributed by atoms with Gasteiger partial charge in [-0.3, -0.25) is 4.90 Å². The van der Waals surface area contributed by atoms with Crippen LogP contribution in [-0.2, 0) is 6.54 Å². The number of nitrogens with zero attached hydrogens (tertiary/aromatic N) is 3. The van der Waals surface area contributed by atoms with Gasteiger partial charge in [-0.25, -0.2) is 0 Å². The number of aromatic nitrogens is 2. The van der Waals surface area contributed by atoms with Crippen LogP contribution in [0.15, 0.2) is 12.1 Å². The number of hydrogen-bond acceptors (Lipinski definition) is 5. The molecule has 17 heavy (non-hydrogen) atoms. The standard InChI is InChI=1S/C12H22N4O/c1-4-16(8-10(2)7-13)9-11-5-6-12(17-3)15-14-11/h5-6,10H,4,7-9,13H2,1-3H3. The Morgan fingerprint density at radius 2 is 2.18 bits per heavy atom. The van der Waals surface area contributed by atoms with E-state index in [-0.39, 0.29) is 0 Å². The van der Waals surface area contributed by atoms with Gasteiger partial charge in [-0.1, -0.05) is 13.8 Å². The minimum atomic E-state index is 0.501. The predicted molar refractivity (Wildman–Crippen MR) is 67.8 cm³/mol. The molecule has 5 heteroatoms. The Bertz CT molecular complexity index is 315. The highest BCUT2D eigenvalue weighted by Gasteiger charge is 2.09. The second-order valence-electron chi connectivity index (χ2n) is 4.24. The van der Waals surface area contributed by atoms with E-state index < -0.39 is 0 Å². The van der Waals surface area contributed by atoms with Gasteiger partial charge in [0.2, 0.25) is 5.88 Å². The summed E-state index contributed by atoms with van der Waals surface area (Å²) < 4.78 is 4.98. The number of nitrogens with two attached hydrogens (primary N) is 1. The quantitative estimate of drug-likeness (QED) is 0.764. The Kier molecular flexibility index (Phi) is 5.86. The zero-order valence-electron chi connectivity index (χ0n) is 10.9. The smallest absolute Gasteiger partial charge is 0.233 e. The minimum Gasteiger partial charge on any atom is -0.480 e. The highest BCUT2D eigenvalue weighted by atomic mass is 16.5. The van der Waals surface area contributed by atoms with Crippen LogP contribution < -0.4 is 10.5 Å². The largest absolute Gasteiger partial charge is 0.480 e. The maximum atomic E-state index is 5.64. The molecule has 0 amide bonds. The fourth-order valence-corrected chi connectivity index (χ4v) is 1.59. The van der Waals surface area contributed by atoms with Crippen LogP contribution in [0.3, 0.4) is 0 Å². The summed E-state index contributed by atoms with van der Waals surface area (Å²) in [7, 11) is 1.59. The van der Waals surface area contributed by atoms with Crippen molar-refractivity contribution in [2.24, 2.45) is 11.7 Å². The maximum absolute atomic E-state index is 5.64. The van der Waals surface area contributed by atoms with Gasteiger partial charge >= 0.3 is 0 Å². The van der Waals surface area contributed by atoms with Crippen LogP contribution in [0, 0.1) is 5.92 Å². The third-order valence-corrected chi connectivity index (χ3v) is 2.71. The molecule has 1 unspecified atom stereocenters. The van der Waals surface area contributed by atoms with Gasteiger partial charge in [0.25, 0.3) is 0 Å². The molecule has 5 nitrogen and oxygen atoms in total. The van der Waals surface area contributed by atoms with E-state index in [2.05, 4.69) is 28.9 Å². The van der Waals surface area contributed by atoms with Crippen molar-refractivity contribution in [2.75, 3.05) is 26.7 Å². The van der Waals surface area contributed by atoms with Crippen LogP contribution in [0.1, 0.15) is 19.5 Å². The van der Waals surface area contributed by atoms with Crippen LogP contribution in [0.25, 0.3) is 0 Å². The monoisotopic (exact) mass is 238 g/mol. The van der Waals surface area contributed by atoms with Crippen molar-refractivity contribution in [1.29, 1.82) is 0 Å². The molecule has 1 aromatic heterocycles. The Morgan fingerprint density at radius 1 is 1.41 bits per heavy atom. The first-order valence-electron chi connectivity index (χ1n) is 5.98. The number of hydrogen-bond donors (Lipinski definition) is 1. The molecular weight excluding hydrogens is 216 g/mol. The predicted octanol–water partition coefficient (Wildman–Crippen LogP) is 0.902. The van der Waals surface area contributed by atoms with Gasteiger partial charge in [0, 0.05) is 19.2 Å². The third kappa shape index (κ3) is 4.66. The minimum absolute atomic E-state index is 0.501. The van der Waals surface area contributed by atoms with Gasteiger partial charge in [0.15, 0.2) is 0 Å². The highest BCUT2D eigenvalue weighted by molar-refractivity contribution is 5.11. The SMILES string of the molecule is CCN(Cc1ccc(OC)nn1)CC(C)CN. The van der Waals surface area contributed by atoms with E-state index >= 15 is 0 Å². The fourth-order valence-electron chi connectivity index (χ4n) is 1.59. The highest BCUT2D eigenvalue weighted by Crippen LogP contribution is 2.07. The Morgan fingerprint density at radius 3 is 2.65 bits per heavy atom. The summed E-state index contributed by atoms with van der Waals surface area (Å²) in [6, 6.07) is 3.78. The summed E-state index contributed by atoms with van der Waals surface area (Å²) in [5, 5.41) is 8.08.